The van der Waals surface area contributed by atoms with Gasteiger partial charge in [-0.1, -0.05) is 53.0 Å². The highest BCUT2D eigenvalue weighted by atomic mass is 35.5. The lowest BCUT2D eigenvalue weighted by atomic mass is 9.99. The summed E-state index contributed by atoms with van der Waals surface area (Å²) in [4.78, 5) is 32.7. The van der Waals surface area contributed by atoms with E-state index in [4.69, 9.17) is 23.2 Å². The first-order valence-corrected chi connectivity index (χ1v) is 11.1. The number of likely N-dealkylation sites (tertiary alicyclic amines) is 1. The van der Waals surface area contributed by atoms with Crippen LogP contribution in [0.2, 0.25) is 10.0 Å². The van der Waals surface area contributed by atoms with E-state index in [2.05, 4.69) is 11.9 Å². The average molecular weight is 458 g/mol. The van der Waals surface area contributed by atoms with Gasteiger partial charge in [-0.2, -0.15) is 0 Å². The van der Waals surface area contributed by atoms with Gasteiger partial charge in [0.25, 0.3) is 11.8 Å². The minimum atomic E-state index is -0.345. The number of likely N-dealkylation sites (N-methyl/N-ethyl adjacent to an activating group) is 1. The zero-order chi connectivity index (χ0) is 22.3. The molecular weight excluding hydrogens is 433 g/mol. The fourth-order valence-electron chi connectivity index (χ4n) is 4.25. The molecule has 4 rings (SSSR count). The van der Waals surface area contributed by atoms with Gasteiger partial charge in [-0.3, -0.25) is 9.59 Å². The molecule has 162 valence electrons. The Labute approximate surface area is 192 Å². The molecule has 0 N–H and O–H groups in total. The molecule has 0 aromatic heterocycles. The van der Waals surface area contributed by atoms with E-state index in [1.54, 1.807) is 18.2 Å². The molecule has 5 nitrogen and oxygen atoms in total. The van der Waals surface area contributed by atoms with Crippen LogP contribution >= 0.6 is 23.2 Å². The van der Waals surface area contributed by atoms with E-state index in [0.717, 1.165) is 37.1 Å². The number of benzene rings is 2. The molecule has 0 bridgehead atoms. The predicted molar refractivity (Wildman–Crippen MR) is 125 cm³/mol. The van der Waals surface area contributed by atoms with Gasteiger partial charge in [-0.15, -0.1) is 0 Å². The van der Waals surface area contributed by atoms with Crippen molar-refractivity contribution in [2.75, 3.05) is 32.1 Å². The van der Waals surface area contributed by atoms with Gasteiger partial charge in [0.15, 0.2) is 0 Å². The summed E-state index contributed by atoms with van der Waals surface area (Å²) in [6.07, 6.45) is 1.87. The molecule has 31 heavy (non-hydrogen) atoms. The summed E-state index contributed by atoms with van der Waals surface area (Å²) < 4.78 is 0. The van der Waals surface area contributed by atoms with Gasteiger partial charge in [0.05, 0.1) is 21.3 Å². The Morgan fingerprint density at radius 1 is 0.935 bits per heavy atom. The lowest BCUT2D eigenvalue weighted by Gasteiger charge is -2.36. The number of rotatable bonds is 4. The van der Waals surface area contributed by atoms with Crippen molar-refractivity contribution in [1.82, 2.24) is 9.80 Å². The maximum Gasteiger partial charge on any atom is 0.282 e. The normalized spacial score (nSPS) is 18.3. The third-order valence-electron chi connectivity index (χ3n) is 6.15. The molecule has 2 aliphatic rings. The summed E-state index contributed by atoms with van der Waals surface area (Å²) in [7, 11) is 4.02. The minimum absolute atomic E-state index is 0.192. The number of carbonyl (C=O) groups excluding carboxylic acids is 2. The third-order valence-corrected chi connectivity index (χ3v) is 6.89. The third kappa shape index (κ3) is 4.10. The van der Waals surface area contributed by atoms with Crippen LogP contribution in [-0.4, -0.2) is 54.8 Å². The van der Waals surface area contributed by atoms with Gasteiger partial charge in [0, 0.05) is 13.1 Å². The molecule has 0 spiro atoms. The second-order valence-electron chi connectivity index (χ2n) is 8.28. The van der Waals surface area contributed by atoms with Crippen molar-refractivity contribution in [3.63, 3.8) is 0 Å². The Balaban J connectivity index is 1.79. The van der Waals surface area contributed by atoms with Crippen LogP contribution in [0, 0.1) is 6.92 Å². The first-order chi connectivity index (χ1) is 14.8. The van der Waals surface area contributed by atoms with Gasteiger partial charge >= 0.3 is 0 Å². The Hall–Kier alpha value is -2.34. The van der Waals surface area contributed by atoms with Crippen LogP contribution in [0.15, 0.2) is 48.2 Å². The molecule has 0 atom stereocenters. The van der Waals surface area contributed by atoms with Crippen molar-refractivity contribution in [3.8, 4) is 0 Å². The number of amides is 2. The maximum atomic E-state index is 13.6. The van der Waals surface area contributed by atoms with E-state index >= 15 is 0 Å². The number of piperidine rings is 1. The Kier molecular flexibility index (Phi) is 6.11. The number of imide groups is 1. The molecule has 0 aliphatic carbocycles. The van der Waals surface area contributed by atoms with Gasteiger partial charge in [0.2, 0.25) is 0 Å². The molecule has 7 heteroatoms. The molecule has 1 fully saturated rings. The summed E-state index contributed by atoms with van der Waals surface area (Å²) in [6.45, 7) is 3.91. The van der Waals surface area contributed by atoms with Crippen molar-refractivity contribution in [1.29, 1.82) is 0 Å². The van der Waals surface area contributed by atoms with Gasteiger partial charge in [-0.25, -0.2) is 4.90 Å². The maximum absolute atomic E-state index is 13.6. The lowest BCUT2D eigenvalue weighted by Crippen LogP contribution is -2.43. The second-order valence-corrected chi connectivity index (χ2v) is 9.09. The number of anilines is 1. The predicted octanol–water partition coefficient (Wildman–Crippen LogP) is 4.61. The smallest absolute Gasteiger partial charge is 0.282 e. The Morgan fingerprint density at radius 3 is 2.19 bits per heavy atom. The van der Waals surface area contributed by atoms with Crippen LogP contribution in [0.5, 0.6) is 0 Å². The summed E-state index contributed by atoms with van der Waals surface area (Å²) in [6, 6.07) is 12.7. The summed E-state index contributed by atoms with van der Waals surface area (Å²) in [5.74, 6) is -0.678. The number of nitrogens with zero attached hydrogens (tertiary/aromatic N) is 3. The fraction of sp³-hybridized carbons (Fsp3) is 0.333. The summed E-state index contributed by atoms with van der Waals surface area (Å²) >= 11 is 12.2. The van der Waals surface area contributed by atoms with Gasteiger partial charge < -0.3 is 9.80 Å². The molecule has 0 radical (unpaired) electrons. The summed E-state index contributed by atoms with van der Waals surface area (Å²) in [5, 5.41) is 0.675. The SMILES string of the molecule is Cc1ccc(C2=C(N(C)C3CCN(C)CC3)C(=O)N(c3ccc(Cl)c(Cl)c3)C2=O)cc1. The average Bonchev–Trinajstić information content (AvgIpc) is 3.01. The number of hydrogen-bond acceptors (Lipinski definition) is 4. The van der Waals surface area contributed by atoms with Crippen molar-refractivity contribution >= 4 is 46.3 Å². The van der Waals surface area contributed by atoms with Crippen molar-refractivity contribution in [2.24, 2.45) is 0 Å². The molecule has 2 aromatic rings. The largest absolute Gasteiger partial charge is 0.366 e. The quantitative estimate of drug-likeness (QED) is 0.628. The molecule has 2 heterocycles. The van der Waals surface area contributed by atoms with Gasteiger partial charge in [-0.05, 0) is 63.7 Å². The molecule has 2 aliphatic heterocycles. The monoisotopic (exact) mass is 457 g/mol. The first kappa shape index (κ1) is 21.9. The molecular formula is C24H25Cl2N3O2. The Morgan fingerprint density at radius 2 is 1.58 bits per heavy atom. The van der Waals surface area contributed by atoms with Crippen LogP contribution in [0.1, 0.15) is 24.0 Å². The summed E-state index contributed by atoms with van der Waals surface area (Å²) in [5.41, 5.74) is 3.11. The molecule has 0 saturated carbocycles. The second kappa shape index (κ2) is 8.65. The standard InChI is InChI=1S/C24H25Cl2N3O2/c1-15-4-6-16(7-5-15)21-22(28(3)17-10-12-27(2)13-11-17)24(31)29(23(21)30)18-8-9-19(25)20(26)14-18/h4-9,14,17H,10-13H2,1-3H3. The van der Waals surface area contributed by atoms with Crippen LogP contribution in [0.3, 0.4) is 0 Å². The van der Waals surface area contributed by atoms with Crippen molar-refractivity contribution < 1.29 is 9.59 Å². The Bertz CT molecular complexity index is 1060. The lowest BCUT2D eigenvalue weighted by molar-refractivity contribution is -0.120. The molecule has 2 aromatic carbocycles. The molecule has 0 unspecified atom stereocenters. The van der Waals surface area contributed by atoms with E-state index in [1.807, 2.05) is 43.1 Å². The topological polar surface area (TPSA) is 43.9 Å². The van der Waals surface area contributed by atoms with E-state index in [0.29, 0.717) is 27.0 Å². The molecule has 1 saturated heterocycles. The van der Waals surface area contributed by atoms with Crippen LogP contribution in [-0.2, 0) is 9.59 Å². The van der Waals surface area contributed by atoms with Crippen LogP contribution in [0.4, 0.5) is 5.69 Å². The van der Waals surface area contributed by atoms with E-state index in [1.165, 1.54) is 4.90 Å². The van der Waals surface area contributed by atoms with Crippen LogP contribution < -0.4 is 4.90 Å². The van der Waals surface area contributed by atoms with E-state index in [-0.39, 0.29) is 17.9 Å². The fourth-order valence-corrected chi connectivity index (χ4v) is 4.54. The zero-order valence-corrected chi connectivity index (χ0v) is 19.4. The van der Waals surface area contributed by atoms with Crippen LogP contribution in [0.25, 0.3) is 5.57 Å². The minimum Gasteiger partial charge on any atom is -0.366 e. The zero-order valence-electron chi connectivity index (χ0n) is 17.9. The number of halogens is 2. The van der Waals surface area contributed by atoms with Crippen molar-refractivity contribution in [3.05, 3.63) is 69.3 Å². The molecule has 2 amide bonds. The highest BCUT2D eigenvalue weighted by Gasteiger charge is 2.43. The highest BCUT2D eigenvalue weighted by molar-refractivity contribution is 6.46. The first-order valence-electron chi connectivity index (χ1n) is 10.3. The number of hydrogen-bond donors (Lipinski definition) is 0. The highest BCUT2D eigenvalue weighted by Crippen LogP contribution is 2.37. The number of carbonyl (C=O) groups is 2. The van der Waals surface area contributed by atoms with Crippen molar-refractivity contribution in [2.45, 2.75) is 25.8 Å². The van der Waals surface area contributed by atoms with Gasteiger partial charge in [0.1, 0.15) is 5.70 Å². The van der Waals surface area contributed by atoms with E-state index in [9.17, 15) is 9.59 Å². The van der Waals surface area contributed by atoms with E-state index < -0.39 is 0 Å². The number of aryl methyl sites for hydroxylation is 1.